The standard InChI is InChI=1S/C16H19N3O3/c17-15(20)12-6-8-19(9-7-12)16(21)14-10-13(18-22-14)11-4-2-1-3-5-11/h1-5,12,14H,6-10H2,(H2,17,20). The molecular weight excluding hydrogens is 282 g/mol. The summed E-state index contributed by atoms with van der Waals surface area (Å²) in [5.74, 6) is -0.457. The van der Waals surface area contributed by atoms with Gasteiger partial charge in [0.05, 0.1) is 5.71 Å². The van der Waals surface area contributed by atoms with E-state index in [0.717, 1.165) is 11.3 Å². The van der Waals surface area contributed by atoms with E-state index in [0.29, 0.717) is 32.4 Å². The zero-order valence-electron chi connectivity index (χ0n) is 12.3. The molecule has 0 aromatic heterocycles. The summed E-state index contributed by atoms with van der Waals surface area (Å²) in [5.41, 5.74) is 7.08. The second-order valence-corrected chi connectivity index (χ2v) is 5.70. The van der Waals surface area contributed by atoms with Crippen LogP contribution in [0.3, 0.4) is 0 Å². The molecule has 1 fully saturated rings. The maximum Gasteiger partial charge on any atom is 0.266 e. The fourth-order valence-corrected chi connectivity index (χ4v) is 2.90. The lowest BCUT2D eigenvalue weighted by atomic mass is 9.95. The van der Waals surface area contributed by atoms with Gasteiger partial charge in [0.15, 0.2) is 0 Å². The second-order valence-electron chi connectivity index (χ2n) is 5.70. The highest BCUT2D eigenvalue weighted by Gasteiger charge is 2.34. The highest BCUT2D eigenvalue weighted by Crippen LogP contribution is 2.22. The first-order valence-electron chi connectivity index (χ1n) is 7.51. The molecule has 2 N–H and O–H groups in total. The molecule has 0 bridgehead atoms. The van der Waals surface area contributed by atoms with Crippen LogP contribution in [-0.2, 0) is 14.4 Å². The van der Waals surface area contributed by atoms with E-state index in [9.17, 15) is 9.59 Å². The van der Waals surface area contributed by atoms with Crippen LogP contribution in [-0.4, -0.2) is 41.6 Å². The van der Waals surface area contributed by atoms with Gasteiger partial charge in [-0.3, -0.25) is 9.59 Å². The topological polar surface area (TPSA) is 85.0 Å². The fraction of sp³-hybridized carbons (Fsp3) is 0.438. The molecule has 2 aliphatic rings. The average Bonchev–Trinajstić information content (AvgIpc) is 3.05. The average molecular weight is 301 g/mol. The van der Waals surface area contributed by atoms with Crippen LogP contribution in [0, 0.1) is 5.92 Å². The van der Waals surface area contributed by atoms with Crippen molar-refractivity contribution in [2.45, 2.75) is 25.4 Å². The molecule has 1 aromatic rings. The Labute approximate surface area is 128 Å². The Balaban J connectivity index is 1.56. The number of benzene rings is 1. The summed E-state index contributed by atoms with van der Waals surface area (Å²) in [4.78, 5) is 30.7. The van der Waals surface area contributed by atoms with Crippen molar-refractivity contribution >= 4 is 17.5 Å². The van der Waals surface area contributed by atoms with Crippen LogP contribution in [0.25, 0.3) is 0 Å². The number of nitrogens with zero attached hydrogens (tertiary/aromatic N) is 2. The lowest BCUT2D eigenvalue weighted by Crippen LogP contribution is -2.45. The molecule has 2 amide bonds. The second kappa shape index (κ2) is 6.17. The molecule has 1 saturated heterocycles. The van der Waals surface area contributed by atoms with Crippen LogP contribution in [0.2, 0.25) is 0 Å². The number of carbonyl (C=O) groups is 2. The van der Waals surface area contributed by atoms with Crippen LogP contribution in [0.1, 0.15) is 24.8 Å². The molecule has 2 heterocycles. The number of amides is 2. The SMILES string of the molecule is NC(=O)C1CCN(C(=O)C2CC(c3ccccc3)=NO2)CC1. The van der Waals surface area contributed by atoms with E-state index >= 15 is 0 Å². The highest BCUT2D eigenvalue weighted by atomic mass is 16.6. The van der Waals surface area contributed by atoms with Gasteiger partial charge >= 0.3 is 0 Å². The molecule has 0 aliphatic carbocycles. The van der Waals surface area contributed by atoms with Crippen molar-refractivity contribution in [1.29, 1.82) is 0 Å². The van der Waals surface area contributed by atoms with E-state index < -0.39 is 6.10 Å². The largest absolute Gasteiger partial charge is 0.382 e. The minimum atomic E-state index is -0.555. The van der Waals surface area contributed by atoms with Gasteiger partial charge in [-0.2, -0.15) is 0 Å². The summed E-state index contributed by atoms with van der Waals surface area (Å²) in [6.07, 6.45) is 1.18. The summed E-state index contributed by atoms with van der Waals surface area (Å²) in [7, 11) is 0. The minimum Gasteiger partial charge on any atom is -0.382 e. The number of likely N-dealkylation sites (tertiary alicyclic amines) is 1. The Morgan fingerprint density at radius 1 is 1.18 bits per heavy atom. The molecule has 6 heteroatoms. The molecule has 1 aromatic carbocycles. The van der Waals surface area contributed by atoms with Gasteiger partial charge in [0, 0.05) is 25.4 Å². The number of nitrogens with two attached hydrogens (primary N) is 1. The minimum absolute atomic E-state index is 0.0578. The van der Waals surface area contributed by atoms with E-state index in [4.69, 9.17) is 10.6 Å². The van der Waals surface area contributed by atoms with Crippen molar-refractivity contribution in [3.8, 4) is 0 Å². The van der Waals surface area contributed by atoms with Crippen LogP contribution in [0.4, 0.5) is 0 Å². The van der Waals surface area contributed by atoms with Gasteiger partial charge in [-0.15, -0.1) is 0 Å². The predicted molar refractivity (Wildman–Crippen MR) is 81.0 cm³/mol. The third-order valence-electron chi connectivity index (χ3n) is 4.26. The van der Waals surface area contributed by atoms with Crippen molar-refractivity contribution in [3.63, 3.8) is 0 Å². The molecular formula is C16H19N3O3. The molecule has 0 saturated carbocycles. The van der Waals surface area contributed by atoms with E-state index in [1.54, 1.807) is 4.90 Å². The Morgan fingerprint density at radius 2 is 1.86 bits per heavy atom. The number of carbonyl (C=O) groups excluding carboxylic acids is 2. The van der Waals surface area contributed by atoms with Gasteiger partial charge in [-0.05, 0) is 18.4 Å². The first kappa shape index (κ1) is 14.6. The highest BCUT2D eigenvalue weighted by molar-refractivity contribution is 6.04. The molecule has 6 nitrogen and oxygen atoms in total. The Bertz CT molecular complexity index is 592. The van der Waals surface area contributed by atoms with Crippen LogP contribution >= 0.6 is 0 Å². The third-order valence-corrected chi connectivity index (χ3v) is 4.26. The third kappa shape index (κ3) is 2.95. The number of rotatable bonds is 3. The van der Waals surface area contributed by atoms with Gasteiger partial charge in [0.25, 0.3) is 5.91 Å². The van der Waals surface area contributed by atoms with Gasteiger partial charge in [0.1, 0.15) is 0 Å². The fourth-order valence-electron chi connectivity index (χ4n) is 2.90. The number of piperidine rings is 1. The summed E-state index contributed by atoms with van der Waals surface area (Å²) < 4.78 is 0. The molecule has 2 aliphatic heterocycles. The van der Waals surface area contributed by atoms with Crippen molar-refractivity contribution in [2.75, 3.05) is 13.1 Å². The summed E-state index contributed by atoms with van der Waals surface area (Å²) in [5, 5.41) is 4.04. The maximum atomic E-state index is 12.5. The molecule has 3 rings (SSSR count). The molecule has 116 valence electrons. The summed E-state index contributed by atoms with van der Waals surface area (Å²) in [6, 6.07) is 9.70. The molecule has 22 heavy (non-hydrogen) atoms. The number of hydrogen-bond donors (Lipinski definition) is 1. The number of primary amides is 1. The maximum absolute atomic E-state index is 12.5. The lowest BCUT2D eigenvalue weighted by Gasteiger charge is -2.31. The van der Waals surface area contributed by atoms with Crippen molar-refractivity contribution in [2.24, 2.45) is 16.8 Å². The van der Waals surface area contributed by atoms with Gasteiger partial charge in [-0.25, -0.2) is 0 Å². The van der Waals surface area contributed by atoms with Gasteiger partial charge in [-0.1, -0.05) is 35.5 Å². The number of hydrogen-bond acceptors (Lipinski definition) is 4. The van der Waals surface area contributed by atoms with E-state index in [2.05, 4.69) is 5.16 Å². The predicted octanol–water partition coefficient (Wildman–Crippen LogP) is 0.903. The van der Waals surface area contributed by atoms with Crippen molar-refractivity contribution in [1.82, 2.24) is 4.90 Å². The van der Waals surface area contributed by atoms with E-state index in [-0.39, 0.29) is 17.7 Å². The molecule has 0 spiro atoms. The Kier molecular flexibility index (Phi) is 4.09. The number of oxime groups is 1. The van der Waals surface area contributed by atoms with E-state index in [1.807, 2.05) is 30.3 Å². The Morgan fingerprint density at radius 3 is 2.50 bits per heavy atom. The van der Waals surface area contributed by atoms with Crippen LogP contribution in [0.15, 0.2) is 35.5 Å². The van der Waals surface area contributed by atoms with Crippen LogP contribution < -0.4 is 5.73 Å². The quantitative estimate of drug-likeness (QED) is 0.900. The molecule has 1 unspecified atom stereocenters. The smallest absolute Gasteiger partial charge is 0.266 e. The molecule has 0 radical (unpaired) electrons. The van der Waals surface area contributed by atoms with Crippen LogP contribution in [0.5, 0.6) is 0 Å². The molecule has 1 atom stereocenters. The van der Waals surface area contributed by atoms with Gasteiger partial charge in [0.2, 0.25) is 12.0 Å². The summed E-state index contributed by atoms with van der Waals surface area (Å²) >= 11 is 0. The van der Waals surface area contributed by atoms with E-state index in [1.165, 1.54) is 0 Å². The zero-order valence-corrected chi connectivity index (χ0v) is 12.3. The first-order valence-corrected chi connectivity index (χ1v) is 7.51. The van der Waals surface area contributed by atoms with Crippen molar-refractivity contribution in [3.05, 3.63) is 35.9 Å². The Hall–Kier alpha value is -2.37. The normalized spacial score (nSPS) is 22.1. The monoisotopic (exact) mass is 301 g/mol. The van der Waals surface area contributed by atoms with Crippen molar-refractivity contribution < 1.29 is 14.4 Å². The summed E-state index contributed by atoms with van der Waals surface area (Å²) in [6.45, 7) is 1.10. The first-order chi connectivity index (χ1) is 10.6. The lowest BCUT2D eigenvalue weighted by molar-refractivity contribution is -0.144. The zero-order chi connectivity index (χ0) is 15.5. The van der Waals surface area contributed by atoms with Gasteiger partial charge < -0.3 is 15.5 Å².